The summed E-state index contributed by atoms with van der Waals surface area (Å²) in [5.74, 6) is 0.542. The molecule has 2 aromatic rings. The molecule has 2 amide bonds. The fourth-order valence-corrected chi connectivity index (χ4v) is 3.08. The van der Waals surface area contributed by atoms with E-state index in [1.807, 2.05) is 6.92 Å². The molecule has 2 atom stereocenters. The van der Waals surface area contributed by atoms with Crippen molar-refractivity contribution in [2.24, 2.45) is 0 Å². The van der Waals surface area contributed by atoms with Crippen molar-refractivity contribution in [2.45, 2.75) is 38.1 Å². The molecule has 9 heteroatoms. The van der Waals surface area contributed by atoms with Gasteiger partial charge in [-0.15, -0.1) is 0 Å². The lowest BCUT2D eigenvalue weighted by Crippen LogP contribution is -2.50. The van der Waals surface area contributed by atoms with Gasteiger partial charge in [0.05, 0.1) is 6.04 Å². The largest absolute Gasteiger partial charge is 0.416 e. The lowest BCUT2D eigenvalue weighted by molar-refractivity contribution is -0.216. The number of aliphatic hydroxyl groups is 1. The zero-order chi connectivity index (χ0) is 19.6. The van der Waals surface area contributed by atoms with E-state index in [0.717, 1.165) is 16.2 Å². The van der Waals surface area contributed by atoms with E-state index < -0.39 is 24.4 Å². The van der Waals surface area contributed by atoms with Crippen LogP contribution in [-0.4, -0.2) is 50.9 Å². The van der Waals surface area contributed by atoms with Crippen LogP contribution >= 0.6 is 0 Å². The van der Waals surface area contributed by atoms with Gasteiger partial charge < -0.3 is 15.3 Å². The van der Waals surface area contributed by atoms with Crippen molar-refractivity contribution in [3.8, 4) is 11.4 Å². The second kappa shape index (κ2) is 7.51. The van der Waals surface area contributed by atoms with Crippen molar-refractivity contribution >= 4 is 11.7 Å². The molecule has 1 saturated heterocycles. The van der Waals surface area contributed by atoms with Crippen molar-refractivity contribution in [1.82, 2.24) is 14.9 Å². The number of carbonyl (C=O) groups is 1. The molecule has 0 saturated carbocycles. The summed E-state index contributed by atoms with van der Waals surface area (Å²) in [6.45, 7) is 2.01. The number of alkyl halides is 3. The van der Waals surface area contributed by atoms with Crippen molar-refractivity contribution in [3.05, 3.63) is 42.2 Å². The molecule has 2 heterocycles. The first-order chi connectivity index (χ1) is 12.8. The third-order valence-corrected chi connectivity index (χ3v) is 4.45. The molecule has 0 bridgehead atoms. The molecular formula is C18H19F3N4O2. The predicted octanol–water partition coefficient (Wildman–Crippen LogP) is 3.37. The van der Waals surface area contributed by atoms with E-state index in [2.05, 4.69) is 15.3 Å². The van der Waals surface area contributed by atoms with Crippen LogP contribution in [0.1, 0.15) is 18.5 Å². The molecule has 1 aliphatic heterocycles. The Morgan fingerprint density at radius 2 is 2.00 bits per heavy atom. The van der Waals surface area contributed by atoms with Crippen LogP contribution in [-0.2, 0) is 0 Å². The van der Waals surface area contributed by atoms with E-state index in [-0.39, 0.29) is 13.0 Å². The second-order valence-electron chi connectivity index (χ2n) is 6.42. The lowest BCUT2D eigenvalue weighted by atomic mass is 10.1. The fraction of sp³-hybridized carbons (Fsp3) is 0.389. The predicted molar refractivity (Wildman–Crippen MR) is 93.0 cm³/mol. The first kappa shape index (κ1) is 19.1. The number of hydrogen-bond acceptors (Lipinski definition) is 4. The van der Waals surface area contributed by atoms with Crippen molar-refractivity contribution in [3.63, 3.8) is 0 Å². The SMILES string of the molecule is Cc1ccnc(-c2ccc(NC(=O)N3CCCC3C(O)C(F)(F)F)cc2)n1. The van der Waals surface area contributed by atoms with Gasteiger partial charge in [0.2, 0.25) is 0 Å². The van der Waals surface area contributed by atoms with E-state index in [4.69, 9.17) is 0 Å². The highest BCUT2D eigenvalue weighted by atomic mass is 19.4. The number of halogens is 3. The van der Waals surface area contributed by atoms with Gasteiger partial charge >= 0.3 is 12.2 Å². The molecule has 1 aromatic carbocycles. The maximum atomic E-state index is 12.8. The topological polar surface area (TPSA) is 78.4 Å². The molecular weight excluding hydrogens is 361 g/mol. The van der Waals surface area contributed by atoms with Gasteiger partial charge in [-0.05, 0) is 50.1 Å². The molecule has 2 N–H and O–H groups in total. The number of carbonyl (C=O) groups excluding carboxylic acids is 1. The molecule has 0 radical (unpaired) electrons. The number of aryl methyl sites for hydroxylation is 1. The molecule has 1 aromatic heterocycles. The number of benzene rings is 1. The van der Waals surface area contributed by atoms with Gasteiger partial charge in [-0.1, -0.05) is 0 Å². The Labute approximate surface area is 154 Å². The van der Waals surface area contributed by atoms with E-state index in [9.17, 15) is 23.1 Å². The average Bonchev–Trinajstić information content (AvgIpc) is 3.10. The number of anilines is 1. The molecule has 1 fully saturated rings. The normalized spacial score (nSPS) is 18.4. The number of likely N-dealkylation sites (tertiary alicyclic amines) is 1. The van der Waals surface area contributed by atoms with E-state index in [1.165, 1.54) is 0 Å². The van der Waals surface area contributed by atoms with Gasteiger partial charge in [0.25, 0.3) is 0 Å². The summed E-state index contributed by atoms with van der Waals surface area (Å²) in [5, 5.41) is 12.1. The highest BCUT2D eigenvalue weighted by Crippen LogP contribution is 2.31. The first-order valence-electron chi connectivity index (χ1n) is 8.48. The Bertz CT molecular complexity index is 811. The minimum Gasteiger partial charge on any atom is -0.382 e. The molecule has 6 nitrogen and oxygen atoms in total. The minimum absolute atomic E-state index is 0.109. The van der Waals surface area contributed by atoms with Gasteiger partial charge in [-0.25, -0.2) is 14.8 Å². The quantitative estimate of drug-likeness (QED) is 0.856. The Hall–Kier alpha value is -2.68. The number of nitrogens with zero attached hydrogens (tertiary/aromatic N) is 3. The minimum atomic E-state index is -4.76. The van der Waals surface area contributed by atoms with E-state index in [0.29, 0.717) is 17.9 Å². The number of hydrogen-bond donors (Lipinski definition) is 2. The summed E-state index contributed by atoms with van der Waals surface area (Å²) >= 11 is 0. The van der Waals surface area contributed by atoms with Crippen LogP contribution < -0.4 is 5.32 Å². The number of amides is 2. The third-order valence-electron chi connectivity index (χ3n) is 4.45. The smallest absolute Gasteiger partial charge is 0.382 e. The third kappa shape index (κ3) is 4.36. The maximum absolute atomic E-state index is 12.8. The lowest BCUT2D eigenvalue weighted by Gasteiger charge is -2.29. The molecule has 3 rings (SSSR count). The Morgan fingerprint density at radius 1 is 1.30 bits per heavy atom. The second-order valence-corrected chi connectivity index (χ2v) is 6.42. The van der Waals surface area contributed by atoms with Crippen LogP contribution in [0.4, 0.5) is 23.7 Å². The fourth-order valence-electron chi connectivity index (χ4n) is 3.08. The van der Waals surface area contributed by atoms with Gasteiger partial charge in [0.1, 0.15) is 0 Å². The van der Waals surface area contributed by atoms with Crippen molar-refractivity contribution < 1.29 is 23.1 Å². The zero-order valence-electron chi connectivity index (χ0n) is 14.6. The molecule has 2 unspecified atom stereocenters. The molecule has 0 spiro atoms. The summed E-state index contributed by atoms with van der Waals surface area (Å²) in [7, 11) is 0. The monoisotopic (exact) mass is 380 g/mol. The van der Waals surface area contributed by atoms with Crippen LogP contribution in [0, 0.1) is 6.92 Å². The highest BCUT2D eigenvalue weighted by molar-refractivity contribution is 5.90. The summed E-state index contributed by atoms with van der Waals surface area (Å²) in [6.07, 6.45) is -5.14. The summed E-state index contributed by atoms with van der Waals surface area (Å²) < 4.78 is 38.3. The van der Waals surface area contributed by atoms with Crippen molar-refractivity contribution in [2.75, 3.05) is 11.9 Å². The molecule has 144 valence electrons. The first-order valence-corrected chi connectivity index (χ1v) is 8.48. The zero-order valence-corrected chi connectivity index (χ0v) is 14.6. The molecule has 1 aliphatic rings. The summed E-state index contributed by atoms with van der Waals surface area (Å²) in [4.78, 5) is 21.9. The highest BCUT2D eigenvalue weighted by Gasteiger charge is 2.48. The van der Waals surface area contributed by atoms with Gasteiger partial charge in [0.15, 0.2) is 11.9 Å². The van der Waals surface area contributed by atoms with Crippen LogP contribution in [0.15, 0.2) is 36.5 Å². The Kier molecular flexibility index (Phi) is 5.31. The molecule has 27 heavy (non-hydrogen) atoms. The van der Waals surface area contributed by atoms with Crippen LogP contribution in [0.5, 0.6) is 0 Å². The average molecular weight is 380 g/mol. The Balaban J connectivity index is 1.69. The number of aliphatic hydroxyl groups excluding tert-OH is 1. The number of aromatic nitrogens is 2. The van der Waals surface area contributed by atoms with Gasteiger partial charge in [0, 0.05) is 29.7 Å². The number of nitrogens with one attached hydrogen (secondary N) is 1. The van der Waals surface area contributed by atoms with E-state index >= 15 is 0 Å². The van der Waals surface area contributed by atoms with Crippen LogP contribution in [0.25, 0.3) is 11.4 Å². The van der Waals surface area contributed by atoms with Crippen molar-refractivity contribution in [1.29, 1.82) is 0 Å². The van der Waals surface area contributed by atoms with E-state index in [1.54, 1.807) is 36.5 Å². The van der Waals surface area contributed by atoms with Gasteiger partial charge in [-0.2, -0.15) is 13.2 Å². The maximum Gasteiger partial charge on any atom is 0.416 e. The molecule has 0 aliphatic carbocycles. The summed E-state index contributed by atoms with van der Waals surface area (Å²) in [5.41, 5.74) is 2.01. The standard InChI is InChI=1S/C18H19F3N4O2/c1-11-8-9-22-16(23-11)12-4-6-13(7-5-12)24-17(27)25-10-2-3-14(25)15(26)18(19,20)21/h4-9,14-15,26H,2-3,10H2,1H3,(H,24,27). The summed E-state index contributed by atoms with van der Waals surface area (Å²) in [6, 6.07) is 6.53. The van der Waals surface area contributed by atoms with Crippen LogP contribution in [0.3, 0.4) is 0 Å². The van der Waals surface area contributed by atoms with Gasteiger partial charge in [-0.3, -0.25) is 0 Å². The number of rotatable bonds is 3. The van der Waals surface area contributed by atoms with Crippen LogP contribution in [0.2, 0.25) is 0 Å². The Morgan fingerprint density at radius 3 is 2.63 bits per heavy atom. The number of urea groups is 1.